The molecule has 0 aromatic carbocycles. The summed E-state index contributed by atoms with van der Waals surface area (Å²) in [5.41, 5.74) is 0. The van der Waals surface area contributed by atoms with Crippen LogP contribution in [0.15, 0.2) is 0 Å². The third kappa shape index (κ3) is 4.51. The molecule has 7 heteroatoms. The Morgan fingerprint density at radius 3 is 1.81 bits per heavy atom. The minimum absolute atomic E-state index is 0.0125. The number of ether oxygens (including phenoxy) is 5. The Kier molecular flexibility index (Phi) is 7.87. The van der Waals surface area contributed by atoms with Crippen LogP contribution < -0.4 is 0 Å². The fourth-order valence-electron chi connectivity index (χ4n) is 7.77. The lowest BCUT2D eigenvalue weighted by atomic mass is 9.65. The first kappa shape index (κ1) is 24.8. The number of rotatable bonds is 8. The van der Waals surface area contributed by atoms with Gasteiger partial charge >= 0.3 is 0 Å². The SMILES string of the molecule is COC1CC2CC[N+](C)(C3CC3O)C(CC3CC(OC)C(OC)C(OC)C3)C2CC1OC. The van der Waals surface area contributed by atoms with Crippen molar-refractivity contribution >= 4 is 0 Å². The molecule has 3 saturated carbocycles. The van der Waals surface area contributed by atoms with Gasteiger partial charge in [0.2, 0.25) is 0 Å². The minimum Gasteiger partial charge on any atom is -0.387 e. The summed E-state index contributed by atoms with van der Waals surface area (Å²) in [7, 11) is 11.4. The molecule has 1 aliphatic heterocycles. The molecular formula is C25H46NO6+. The quantitative estimate of drug-likeness (QED) is 0.565. The Morgan fingerprint density at radius 1 is 0.750 bits per heavy atom. The van der Waals surface area contributed by atoms with Crippen LogP contribution in [0.4, 0.5) is 0 Å². The lowest BCUT2D eigenvalue weighted by molar-refractivity contribution is -0.956. The molecule has 0 spiro atoms. The molecule has 3 aliphatic carbocycles. The van der Waals surface area contributed by atoms with Gasteiger partial charge in [-0.3, -0.25) is 0 Å². The van der Waals surface area contributed by atoms with Crippen LogP contribution in [0, 0.1) is 17.8 Å². The predicted octanol–water partition coefficient (Wildman–Crippen LogP) is 2.24. The van der Waals surface area contributed by atoms with E-state index in [4.69, 9.17) is 23.7 Å². The highest BCUT2D eigenvalue weighted by Gasteiger charge is 2.60. The number of likely N-dealkylation sites (N-methyl/N-ethyl adjacent to an activating group) is 1. The molecule has 32 heavy (non-hydrogen) atoms. The van der Waals surface area contributed by atoms with Gasteiger partial charge < -0.3 is 33.3 Å². The molecule has 0 aromatic heterocycles. The van der Waals surface area contributed by atoms with Gasteiger partial charge in [-0.1, -0.05) is 0 Å². The lowest BCUT2D eigenvalue weighted by Crippen LogP contribution is -2.65. The third-order valence-electron chi connectivity index (χ3n) is 9.70. The van der Waals surface area contributed by atoms with Crippen LogP contribution in [-0.4, -0.2) is 107 Å². The predicted molar refractivity (Wildman–Crippen MR) is 121 cm³/mol. The number of aliphatic hydroxyl groups is 1. The van der Waals surface area contributed by atoms with Gasteiger partial charge in [-0.15, -0.1) is 0 Å². The van der Waals surface area contributed by atoms with Crippen molar-refractivity contribution in [3.63, 3.8) is 0 Å². The maximum absolute atomic E-state index is 10.5. The van der Waals surface area contributed by atoms with Gasteiger partial charge in [-0.2, -0.15) is 0 Å². The van der Waals surface area contributed by atoms with Crippen molar-refractivity contribution in [3.8, 4) is 0 Å². The molecule has 0 radical (unpaired) electrons. The number of hydrogen-bond acceptors (Lipinski definition) is 6. The summed E-state index contributed by atoms with van der Waals surface area (Å²) in [6, 6.07) is 0.902. The number of nitrogens with zero attached hydrogens (tertiary/aromatic N) is 1. The van der Waals surface area contributed by atoms with Gasteiger partial charge in [-0.05, 0) is 43.9 Å². The summed E-state index contributed by atoms with van der Waals surface area (Å²) >= 11 is 0. The smallest absolute Gasteiger partial charge is 0.118 e. The molecule has 186 valence electrons. The van der Waals surface area contributed by atoms with Crippen molar-refractivity contribution in [1.29, 1.82) is 0 Å². The number of methoxy groups -OCH3 is 5. The van der Waals surface area contributed by atoms with E-state index in [2.05, 4.69) is 7.05 Å². The molecule has 10 unspecified atom stereocenters. The molecule has 4 fully saturated rings. The van der Waals surface area contributed by atoms with E-state index in [0.717, 1.165) is 49.6 Å². The first-order valence-electron chi connectivity index (χ1n) is 12.6. The van der Waals surface area contributed by atoms with Gasteiger partial charge in [0.1, 0.15) is 18.2 Å². The summed E-state index contributed by atoms with van der Waals surface area (Å²) in [5, 5.41) is 10.5. The molecule has 10 atom stereocenters. The number of aliphatic hydroxyl groups excluding tert-OH is 1. The molecule has 1 saturated heterocycles. The average molecular weight is 457 g/mol. The highest BCUT2D eigenvalue weighted by Crippen LogP contribution is 2.51. The number of piperidine rings is 1. The van der Waals surface area contributed by atoms with Crippen LogP contribution in [0.5, 0.6) is 0 Å². The molecule has 0 aromatic rings. The molecule has 1 heterocycles. The van der Waals surface area contributed by atoms with E-state index >= 15 is 0 Å². The second kappa shape index (κ2) is 10.1. The monoisotopic (exact) mass is 456 g/mol. The number of hydrogen-bond donors (Lipinski definition) is 1. The van der Waals surface area contributed by atoms with Crippen LogP contribution in [0.1, 0.15) is 44.9 Å². The van der Waals surface area contributed by atoms with E-state index in [1.165, 1.54) is 6.42 Å². The van der Waals surface area contributed by atoms with E-state index in [-0.39, 0.29) is 36.6 Å². The van der Waals surface area contributed by atoms with Crippen molar-refractivity contribution in [2.24, 2.45) is 17.8 Å². The lowest BCUT2D eigenvalue weighted by Gasteiger charge is -2.56. The first-order valence-corrected chi connectivity index (χ1v) is 12.6. The van der Waals surface area contributed by atoms with Gasteiger partial charge in [0.05, 0.1) is 44.1 Å². The van der Waals surface area contributed by atoms with Crippen molar-refractivity contribution in [1.82, 2.24) is 0 Å². The maximum Gasteiger partial charge on any atom is 0.118 e. The van der Waals surface area contributed by atoms with Crippen molar-refractivity contribution in [3.05, 3.63) is 0 Å². The highest BCUT2D eigenvalue weighted by molar-refractivity contribution is 4.99. The van der Waals surface area contributed by atoms with Gasteiger partial charge in [0.15, 0.2) is 0 Å². The van der Waals surface area contributed by atoms with Gasteiger partial charge in [0, 0.05) is 54.3 Å². The van der Waals surface area contributed by atoms with E-state index in [1.54, 1.807) is 21.3 Å². The Hall–Kier alpha value is -0.280. The summed E-state index contributed by atoms with van der Waals surface area (Å²) in [6.07, 6.45) is 7.76. The van der Waals surface area contributed by atoms with Crippen LogP contribution in [0.2, 0.25) is 0 Å². The van der Waals surface area contributed by atoms with E-state index in [0.29, 0.717) is 29.8 Å². The topological polar surface area (TPSA) is 66.4 Å². The van der Waals surface area contributed by atoms with Crippen LogP contribution in [0.3, 0.4) is 0 Å². The third-order valence-corrected chi connectivity index (χ3v) is 9.70. The maximum atomic E-state index is 10.5. The summed E-state index contributed by atoms with van der Waals surface area (Å²) in [5.74, 6) is 1.79. The second-order valence-electron chi connectivity index (χ2n) is 11.1. The molecule has 0 amide bonds. The van der Waals surface area contributed by atoms with E-state index in [9.17, 15) is 5.11 Å². The first-order chi connectivity index (χ1) is 15.4. The largest absolute Gasteiger partial charge is 0.387 e. The van der Waals surface area contributed by atoms with Crippen molar-refractivity contribution in [2.75, 3.05) is 49.1 Å². The Morgan fingerprint density at radius 2 is 1.31 bits per heavy atom. The zero-order valence-electron chi connectivity index (χ0n) is 20.9. The fourth-order valence-corrected chi connectivity index (χ4v) is 7.77. The Balaban J connectivity index is 1.57. The second-order valence-corrected chi connectivity index (χ2v) is 11.1. The molecule has 0 bridgehead atoms. The van der Waals surface area contributed by atoms with Crippen molar-refractivity contribution < 1.29 is 33.3 Å². The van der Waals surface area contributed by atoms with Crippen LogP contribution in [0.25, 0.3) is 0 Å². The number of quaternary nitrogens is 1. The highest BCUT2D eigenvalue weighted by atomic mass is 16.6. The van der Waals surface area contributed by atoms with Crippen LogP contribution in [-0.2, 0) is 23.7 Å². The van der Waals surface area contributed by atoms with E-state index < -0.39 is 0 Å². The minimum atomic E-state index is -0.143. The molecular weight excluding hydrogens is 410 g/mol. The molecule has 4 rings (SSSR count). The zero-order valence-corrected chi connectivity index (χ0v) is 20.9. The molecule has 4 aliphatic rings. The standard InChI is InChI=1S/C25H46NO6/c1-26(19-14-20(19)27)8-7-16-12-21(28-2)22(29-3)13-17(16)18(26)9-15-10-23(30-4)25(32-6)24(11-15)31-5/h15-25,27H,7-14H2,1-6H3/q+1. The summed E-state index contributed by atoms with van der Waals surface area (Å²) < 4.78 is 30.2. The van der Waals surface area contributed by atoms with Gasteiger partial charge in [-0.25, -0.2) is 0 Å². The summed E-state index contributed by atoms with van der Waals surface area (Å²) in [4.78, 5) is 0. The Labute approximate surface area is 194 Å². The van der Waals surface area contributed by atoms with Gasteiger partial charge in [0.25, 0.3) is 0 Å². The normalized spacial score (nSPS) is 51.3. The van der Waals surface area contributed by atoms with Crippen molar-refractivity contribution in [2.45, 2.75) is 93.7 Å². The average Bonchev–Trinajstić information content (AvgIpc) is 3.56. The molecule has 1 N–H and O–H groups in total. The number of fused-ring (bicyclic) bond motifs is 1. The van der Waals surface area contributed by atoms with Crippen LogP contribution >= 0.6 is 0 Å². The molecule has 7 nitrogen and oxygen atoms in total. The zero-order chi connectivity index (χ0) is 23.0. The Bertz CT molecular complexity index is 607. The fraction of sp³-hybridized carbons (Fsp3) is 1.00. The summed E-state index contributed by atoms with van der Waals surface area (Å²) in [6.45, 7) is 1.15. The number of likely N-dealkylation sites (tertiary alicyclic amines) is 1. The van der Waals surface area contributed by atoms with E-state index in [1.807, 2.05) is 14.2 Å².